The van der Waals surface area contributed by atoms with Crippen molar-refractivity contribution < 1.29 is 18.1 Å². The lowest BCUT2D eigenvalue weighted by Crippen LogP contribution is -2.21. The van der Waals surface area contributed by atoms with E-state index >= 15 is 0 Å². The third-order valence-electron chi connectivity index (χ3n) is 3.49. The van der Waals surface area contributed by atoms with Gasteiger partial charge in [-0.1, -0.05) is 46.0 Å². The Hall–Kier alpha value is -0.130. The van der Waals surface area contributed by atoms with Crippen LogP contribution >= 0.6 is 0 Å². The molecule has 2 unspecified atom stereocenters. The minimum atomic E-state index is -3.93. The smallest absolute Gasteiger partial charge is 0.267 e. The molecule has 0 aromatic heterocycles. The van der Waals surface area contributed by atoms with Crippen molar-refractivity contribution in [2.75, 3.05) is 0 Å². The van der Waals surface area contributed by atoms with E-state index < -0.39 is 15.4 Å². The topological polar surface area (TPSA) is 74.6 Å². The van der Waals surface area contributed by atoms with Crippen molar-refractivity contribution in [3.8, 4) is 0 Å². The molecule has 4 nitrogen and oxygen atoms in total. The molecule has 5 heteroatoms. The monoisotopic (exact) mass is 294 g/mol. The number of aliphatic hydroxyl groups excluding tert-OH is 1. The van der Waals surface area contributed by atoms with Crippen LogP contribution in [-0.4, -0.2) is 29.4 Å². The zero-order valence-electron chi connectivity index (χ0n) is 12.3. The molecule has 19 heavy (non-hydrogen) atoms. The van der Waals surface area contributed by atoms with Gasteiger partial charge in [-0.05, 0) is 32.1 Å². The molecule has 0 aliphatic carbocycles. The summed E-state index contributed by atoms with van der Waals surface area (Å²) in [5.74, 6) is 0. The Morgan fingerprint density at radius 1 is 0.842 bits per heavy atom. The first-order valence-electron chi connectivity index (χ1n) is 7.56. The van der Waals surface area contributed by atoms with Gasteiger partial charge in [0.1, 0.15) is 0 Å². The molecule has 0 aromatic carbocycles. The van der Waals surface area contributed by atoms with Crippen LogP contribution in [-0.2, 0) is 10.1 Å². The molecule has 2 N–H and O–H groups in total. The van der Waals surface area contributed by atoms with E-state index in [1.165, 1.54) is 12.8 Å². The van der Waals surface area contributed by atoms with Crippen LogP contribution in [0.2, 0.25) is 0 Å². The second-order valence-electron chi connectivity index (χ2n) is 5.36. The summed E-state index contributed by atoms with van der Waals surface area (Å²) < 4.78 is 31.4. The van der Waals surface area contributed by atoms with Gasteiger partial charge < -0.3 is 5.11 Å². The summed E-state index contributed by atoms with van der Waals surface area (Å²) >= 11 is 0. The summed E-state index contributed by atoms with van der Waals surface area (Å²) in [6, 6.07) is 0. The predicted octanol–water partition coefficient (Wildman–Crippen LogP) is 3.54. The maximum absolute atomic E-state index is 11.1. The van der Waals surface area contributed by atoms with Crippen molar-refractivity contribution in [3.05, 3.63) is 0 Å². The van der Waals surface area contributed by atoms with Crippen LogP contribution in [0, 0.1) is 0 Å². The van der Waals surface area contributed by atoms with Gasteiger partial charge in [-0.2, -0.15) is 8.42 Å². The van der Waals surface area contributed by atoms with E-state index in [4.69, 9.17) is 4.55 Å². The van der Waals surface area contributed by atoms with E-state index in [0.717, 1.165) is 25.7 Å². The van der Waals surface area contributed by atoms with Gasteiger partial charge in [0.25, 0.3) is 10.1 Å². The molecule has 0 amide bonds. The highest BCUT2D eigenvalue weighted by Gasteiger charge is 2.21. The molecule has 0 rings (SSSR count). The second kappa shape index (κ2) is 10.6. The van der Waals surface area contributed by atoms with Gasteiger partial charge in [-0.3, -0.25) is 4.55 Å². The van der Waals surface area contributed by atoms with Crippen molar-refractivity contribution in [3.63, 3.8) is 0 Å². The summed E-state index contributed by atoms with van der Waals surface area (Å²) in [6.07, 6.45) is 7.99. The van der Waals surface area contributed by atoms with Crippen molar-refractivity contribution in [2.45, 2.75) is 89.4 Å². The van der Waals surface area contributed by atoms with Crippen LogP contribution in [0.1, 0.15) is 78.1 Å². The van der Waals surface area contributed by atoms with Gasteiger partial charge in [0.15, 0.2) is 0 Å². The summed E-state index contributed by atoms with van der Waals surface area (Å²) in [4.78, 5) is 0. The molecule has 0 aromatic rings. The third kappa shape index (κ3) is 10.3. The Morgan fingerprint density at radius 2 is 1.47 bits per heavy atom. The summed E-state index contributed by atoms with van der Waals surface area (Å²) in [7, 11) is -3.93. The van der Waals surface area contributed by atoms with Crippen molar-refractivity contribution in [2.24, 2.45) is 0 Å². The largest absolute Gasteiger partial charge is 0.393 e. The summed E-state index contributed by atoms with van der Waals surface area (Å²) in [6.45, 7) is 4.06. The predicted molar refractivity (Wildman–Crippen MR) is 78.9 cm³/mol. The molecule has 0 saturated heterocycles. The fourth-order valence-corrected chi connectivity index (χ4v) is 3.29. The molecule has 0 fully saturated rings. The Labute approximate surface area is 118 Å². The number of aliphatic hydroxyl groups is 1. The number of unbranched alkanes of at least 4 members (excludes halogenated alkanes) is 3. The Bertz CT molecular complexity index is 301. The van der Waals surface area contributed by atoms with E-state index in [2.05, 4.69) is 6.92 Å². The van der Waals surface area contributed by atoms with Gasteiger partial charge in [0.05, 0.1) is 11.4 Å². The van der Waals surface area contributed by atoms with Crippen LogP contribution in [0.15, 0.2) is 0 Å². The molecule has 0 saturated carbocycles. The quantitative estimate of drug-likeness (QED) is 0.426. The minimum Gasteiger partial charge on any atom is -0.393 e. The van der Waals surface area contributed by atoms with Crippen LogP contribution in [0.25, 0.3) is 0 Å². The van der Waals surface area contributed by atoms with Crippen LogP contribution < -0.4 is 0 Å². The van der Waals surface area contributed by atoms with Gasteiger partial charge in [0.2, 0.25) is 0 Å². The lowest BCUT2D eigenvalue weighted by molar-refractivity contribution is 0.147. The van der Waals surface area contributed by atoms with Crippen LogP contribution in [0.5, 0.6) is 0 Å². The lowest BCUT2D eigenvalue weighted by Gasteiger charge is -2.14. The average molecular weight is 294 g/mol. The van der Waals surface area contributed by atoms with Gasteiger partial charge in [-0.15, -0.1) is 0 Å². The zero-order valence-corrected chi connectivity index (χ0v) is 13.2. The fourth-order valence-electron chi connectivity index (χ4n) is 2.30. The molecular weight excluding hydrogens is 264 g/mol. The molecule has 0 heterocycles. The van der Waals surface area contributed by atoms with Gasteiger partial charge in [-0.25, -0.2) is 0 Å². The highest BCUT2D eigenvalue weighted by molar-refractivity contribution is 7.86. The first-order chi connectivity index (χ1) is 8.91. The second-order valence-corrected chi connectivity index (χ2v) is 7.06. The summed E-state index contributed by atoms with van der Waals surface area (Å²) in [5, 5.41) is 9.12. The molecule has 0 radical (unpaired) electrons. The maximum atomic E-state index is 11.1. The van der Waals surface area contributed by atoms with E-state index in [1.807, 2.05) is 6.92 Å². The van der Waals surface area contributed by atoms with Crippen molar-refractivity contribution in [1.82, 2.24) is 0 Å². The molecule has 0 bridgehead atoms. The number of rotatable bonds is 12. The first kappa shape index (κ1) is 18.9. The van der Waals surface area contributed by atoms with Gasteiger partial charge >= 0.3 is 0 Å². The highest BCUT2D eigenvalue weighted by atomic mass is 32.2. The molecule has 0 aliphatic heterocycles. The number of hydrogen-bond acceptors (Lipinski definition) is 3. The standard InChI is InChI=1S/C14H30O4S/c1-3-5-6-7-10-13(15)11-8-12-14(9-4-2)19(16,17)18/h13-15H,3-12H2,1-2H3,(H,16,17,18). The average Bonchev–Trinajstić information content (AvgIpc) is 2.32. The van der Waals surface area contributed by atoms with Crippen LogP contribution in [0.3, 0.4) is 0 Å². The Kier molecular flexibility index (Phi) is 10.6. The van der Waals surface area contributed by atoms with Crippen molar-refractivity contribution in [1.29, 1.82) is 0 Å². The van der Waals surface area contributed by atoms with Crippen LogP contribution in [0.4, 0.5) is 0 Å². The van der Waals surface area contributed by atoms with Crippen molar-refractivity contribution >= 4 is 10.1 Å². The zero-order chi connectivity index (χ0) is 14.7. The van der Waals surface area contributed by atoms with E-state index in [0.29, 0.717) is 25.7 Å². The van der Waals surface area contributed by atoms with E-state index in [9.17, 15) is 13.5 Å². The first-order valence-corrected chi connectivity index (χ1v) is 9.06. The molecule has 0 aliphatic rings. The van der Waals surface area contributed by atoms with E-state index in [1.54, 1.807) is 0 Å². The highest BCUT2D eigenvalue weighted by Crippen LogP contribution is 2.17. The lowest BCUT2D eigenvalue weighted by atomic mass is 10.0. The fraction of sp³-hybridized carbons (Fsp3) is 1.00. The Balaban J connectivity index is 3.80. The minimum absolute atomic E-state index is 0.333. The molecule has 116 valence electrons. The van der Waals surface area contributed by atoms with Gasteiger partial charge in [0, 0.05) is 0 Å². The molecular formula is C14H30O4S. The third-order valence-corrected chi connectivity index (χ3v) is 4.80. The SMILES string of the molecule is CCCCCCC(O)CCCC(CCC)S(=O)(=O)O. The maximum Gasteiger partial charge on any atom is 0.267 e. The Morgan fingerprint density at radius 3 is 2.00 bits per heavy atom. The number of hydrogen-bond donors (Lipinski definition) is 2. The molecule has 2 atom stereocenters. The molecule has 0 spiro atoms. The normalized spacial score (nSPS) is 15.4. The summed E-state index contributed by atoms with van der Waals surface area (Å²) in [5.41, 5.74) is 0. The van der Waals surface area contributed by atoms with E-state index in [-0.39, 0.29) is 6.10 Å².